The predicted molar refractivity (Wildman–Crippen MR) is 95.5 cm³/mol. The Bertz CT molecular complexity index is 666. The molecule has 1 saturated heterocycles. The largest absolute Gasteiger partial charge is 0.326 e. The number of nitrogens with one attached hydrogen (secondary N) is 1. The fourth-order valence-electron chi connectivity index (χ4n) is 3.07. The molecule has 1 N–H and O–H groups in total. The smallest absolute Gasteiger partial charge is 0.221 e. The van der Waals surface area contributed by atoms with Gasteiger partial charge in [-0.1, -0.05) is 24.3 Å². The minimum Gasteiger partial charge on any atom is -0.326 e. The van der Waals surface area contributed by atoms with Gasteiger partial charge in [-0.2, -0.15) is 0 Å². The second kappa shape index (κ2) is 8.04. The normalized spacial score (nSPS) is 16.0. The first kappa shape index (κ1) is 16.6. The van der Waals surface area contributed by atoms with Gasteiger partial charge in [0.25, 0.3) is 0 Å². The molecule has 2 heterocycles. The van der Waals surface area contributed by atoms with Gasteiger partial charge in [-0.05, 0) is 23.3 Å². The van der Waals surface area contributed by atoms with Crippen LogP contribution in [-0.4, -0.2) is 46.9 Å². The summed E-state index contributed by atoms with van der Waals surface area (Å²) in [5.74, 6) is -0.0243. The maximum absolute atomic E-state index is 11.3. The van der Waals surface area contributed by atoms with Gasteiger partial charge in [0.2, 0.25) is 5.91 Å². The lowest BCUT2D eigenvalue weighted by Crippen LogP contribution is -2.45. The molecule has 0 saturated carbocycles. The van der Waals surface area contributed by atoms with Crippen LogP contribution in [0.2, 0.25) is 0 Å². The Morgan fingerprint density at radius 3 is 2.42 bits per heavy atom. The van der Waals surface area contributed by atoms with Crippen molar-refractivity contribution in [1.82, 2.24) is 14.8 Å². The number of carbonyl (C=O) groups is 1. The number of rotatable bonds is 5. The molecule has 1 fully saturated rings. The van der Waals surface area contributed by atoms with Crippen LogP contribution in [0.4, 0.5) is 5.69 Å². The van der Waals surface area contributed by atoms with E-state index in [0.29, 0.717) is 0 Å². The van der Waals surface area contributed by atoms with Crippen LogP contribution in [0, 0.1) is 0 Å². The van der Waals surface area contributed by atoms with Crippen LogP contribution in [0.25, 0.3) is 0 Å². The third-order valence-corrected chi connectivity index (χ3v) is 4.32. The Labute approximate surface area is 143 Å². The molecule has 0 aliphatic carbocycles. The van der Waals surface area contributed by atoms with Crippen LogP contribution < -0.4 is 5.32 Å². The van der Waals surface area contributed by atoms with Crippen LogP contribution in [0.5, 0.6) is 0 Å². The maximum atomic E-state index is 11.3. The first-order valence-corrected chi connectivity index (χ1v) is 8.40. The number of anilines is 1. The summed E-state index contributed by atoms with van der Waals surface area (Å²) >= 11 is 0. The summed E-state index contributed by atoms with van der Waals surface area (Å²) in [6.45, 7) is 7.56. The summed E-state index contributed by atoms with van der Waals surface area (Å²) in [5, 5.41) is 2.92. The van der Waals surface area contributed by atoms with Crippen molar-refractivity contribution in [2.75, 3.05) is 31.5 Å². The molecule has 1 aromatic heterocycles. The van der Waals surface area contributed by atoms with E-state index in [4.69, 9.17) is 0 Å². The minimum absolute atomic E-state index is 0.0243. The van der Waals surface area contributed by atoms with Crippen molar-refractivity contribution in [3.63, 3.8) is 0 Å². The van der Waals surface area contributed by atoms with Crippen molar-refractivity contribution < 1.29 is 4.79 Å². The summed E-state index contributed by atoms with van der Waals surface area (Å²) in [6.07, 6.45) is 3.75. The Kier molecular flexibility index (Phi) is 5.56. The third-order valence-electron chi connectivity index (χ3n) is 4.32. The molecule has 5 nitrogen and oxygen atoms in total. The number of nitrogens with zero attached hydrogens (tertiary/aromatic N) is 3. The molecule has 2 aromatic rings. The number of para-hydroxylation sites is 1. The molecule has 24 heavy (non-hydrogen) atoms. The van der Waals surface area contributed by atoms with Gasteiger partial charge in [0.15, 0.2) is 0 Å². The standard InChI is InChI=1S/C19H24N4O/c1-16(24)21-19-7-3-2-6-18(19)15-23-11-9-22(10-12-23)14-17-5-4-8-20-13-17/h2-8,13H,9-12,14-15H2,1H3,(H,21,24). The van der Waals surface area contributed by atoms with Gasteiger partial charge < -0.3 is 5.32 Å². The number of hydrogen-bond donors (Lipinski definition) is 1. The maximum Gasteiger partial charge on any atom is 0.221 e. The minimum atomic E-state index is -0.0243. The molecule has 3 rings (SSSR count). The van der Waals surface area contributed by atoms with E-state index in [0.717, 1.165) is 45.0 Å². The molecule has 0 radical (unpaired) electrons. The predicted octanol–water partition coefficient (Wildman–Crippen LogP) is 2.36. The SMILES string of the molecule is CC(=O)Nc1ccccc1CN1CCN(Cc2cccnc2)CC1. The summed E-state index contributed by atoms with van der Waals surface area (Å²) in [6, 6.07) is 12.2. The van der Waals surface area contributed by atoms with Gasteiger partial charge in [0.1, 0.15) is 0 Å². The van der Waals surface area contributed by atoms with Gasteiger partial charge >= 0.3 is 0 Å². The van der Waals surface area contributed by atoms with E-state index >= 15 is 0 Å². The molecule has 1 aliphatic rings. The summed E-state index contributed by atoms with van der Waals surface area (Å²) in [5.41, 5.74) is 3.36. The number of aromatic nitrogens is 1. The van der Waals surface area contributed by atoms with Crippen molar-refractivity contribution in [3.05, 3.63) is 59.9 Å². The van der Waals surface area contributed by atoms with Gasteiger partial charge in [0, 0.05) is 64.3 Å². The quantitative estimate of drug-likeness (QED) is 0.917. The van der Waals surface area contributed by atoms with Crippen molar-refractivity contribution >= 4 is 11.6 Å². The zero-order valence-corrected chi connectivity index (χ0v) is 14.1. The number of carbonyl (C=O) groups excluding carboxylic acids is 1. The van der Waals surface area contributed by atoms with E-state index in [2.05, 4.69) is 32.2 Å². The molecule has 0 spiro atoms. The monoisotopic (exact) mass is 324 g/mol. The molecule has 1 aliphatic heterocycles. The van der Waals surface area contributed by atoms with Crippen molar-refractivity contribution in [2.24, 2.45) is 0 Å². The number of piperazine rings is 1. The number of amides is 1. The molecular weight excluding hydrogens is 300 g/mol. The van der Waals surface area contributed by atoms with Gasteiger partial charge in [-0.25, -0.2) is 0 Å². The van der Waals surface area contributed by atoms with Crippen LogP contribution in [0.3, 0.4) is 0 Å². The highest BCUT2D eigenvalue weighted by molar-refractivity contribution is 5.89. The Balaban J connectivity index is 1.53. The lowest BCUT2D eigenvalue weighted by atomic mass is 10.1. The number of benzene rings is 1. The highest BCUT2D eigenvalue weighted by atomic mass is 16.1. The second-order valence-electron chi connectivity index (χ2n) is 6.25. The van der Waals surface area contributed by atoms with Crippen LogP contribution >= 0.6 is 0 Å². The lowest BCUT2D eigenvalue weighted by molar-refractivity contribution is -0.114. The molecule has 1 aromatic carbocycles. The van der Waals surface area contributed by atoms with Crippen molar-refractivity contribution in [2.45, 2.75) is 20.0 Å². The molecule has 0 bridgehead atoms. The Hall–Kier alpha value is -2.24. The lowest BCUT2D eigenvalue weighted by Gasteiger charge is -2.35. The van der Waals surface area contributed by atoms with Crippen LogP contribution in [0.1, 0.15) is 18.1 Å². The molecular formula is C19H24N4O. The molecule has 0 unspecified atom stereocenters. The second-order valence-corrected chi connectivity index (χ2v) is 6.25. The van der Waals surface area contributed by atoms with Gasteiger partial charge in [-0.15, -0.1) is 0 Å². The molecule has 0 atom stereocenters. The van der Waals surface area contributed by atoms with Gasteiger partial charge in [0.05, 0.1) is 0 Å². The highest BCUT2D eigenvalue weighted by Crippen LogP contribution is 2.18. The van der Waals surface area contributed by atoms with E-state index in [1.54, 1.807) is 6.92 Å². The summed E-state index contributed by atoms with van der Waals surface area (Å²) < 4.78 is 0. The van der Waals surface area contributed by atoms with Crippen molar-refractivity contribution in [1.29, 1.82) is 0 Å². The van der Waals surface area contributed by atoms with E-state index < -0.39 is 0 Å². The fourth-order valence-corrected chi connectivity index (χ4v) is 3.07. The van der Waals surface area contributed by atoms with E-state index in [1.165, 1.54) is 11.1 Å². The third kappa shape index (κ3) is 4.63. The Morgan fingerprint density at radius 1 is 1.04 bits per heavy atom. The summed E-state index contributed by atoms with van der Waals surface area (Å²) in [7, 11) is 0. The van der Waals surface area contributed by atoms with Crippen molar-refractivity contribution in [3.8, 4) is 0 Å². The average Bonchev–Trinajstić information content (AvgIpc) is 2.59. The van der Waals surface area contributed by atoms with E-state index in [9.17, 15) is 4.79 Å². The first-order valence-electron chi connectivity index (χ1n) is 8.40. The Morgan fingerprint density at radius 2 is 1.75 bits per heavy atom. The number of pyridine rings is 1. The van der Waals surface area contributed by atoms with Crippen LogP contribution in [0.15, 0.2) is 48.8 Å². The first-order chi connectivity index (χ1) is 11.7. The number of hydrogen-bond acceptors (Lipinski definition) is 4. The fraction of sp³-hybridized carbons (Fsp3) is 0.368. The zero-order valence-electron chi connectivity index (χ0n) is 14.1. The highest BCUT2D eigenvalue weighted by Gasteiger charge is 2.18. The topological polar surface area (TPSA) is 48.5 Å². The molecule has 1 amide bonds. The average molecular weight is 324 g/mol. The zero-order chi connectivity index (χ0) is 16.8. The van der Waals surface area contributed by atoms with Gasteiger partial charge in [-0.3, -0.25) is 19.6 Å². The van der Waals surface area contributed by atoms with E-state index in [1.807, 2.05) is 36.7 Å². The molecule has 5 heteroatoms. The van der Waals surface area contributed by atoms with Crippen LogP contribution in [-0.2, 0) is 17.9 Å². The summed E-state index contributed by atoms with van der Waals surface area (Å²) in [4.78, 5) is 20.4. The van der Waals surface area contributed by atoms with E-state index in [-0.39, 0.29) is 5.91 Å². The molecule has 126 valence electrons.